The monoisotopic (exact) mass is 334 g/mol. The first-order valence-electron chi connectivity index (χ1n) is 5.14. The predicted molar refractivity (Wildman–Crippen MR) is 70.0 cm³/mol. The molecular weight excluding hydrogens is 320 g/mol. The Kier molecular flexibility index (Phi) is 9.96. The fourth-order valence-corrected chi connectivity index (χ4v) is 1.61. The first-order chi connectivity index (χ1) is 7.63. The molecule has 2 aliphatic carbocycles. The van der Waals surface area contributed by atoms with E-state index in [-0.39, 0.29) is 22.9 Å². The van der Waals surface area contributed by atoms with E-state index in [0.29, 0.717) is 5.33 Å². The number of alkyl halides is 1. The first-order valence-corrected chi connectivity index (χ1v) is 6.26. The Morgan fingerprint density at radius 3 is 1.94 bits per heavy atom. The van der Waals surface area contributed by atoms with Gasteiger partial charge in [0.1, 0.15) is 0 Å². The molecule has 0 atom stereocenters. The third-order valence-electron chi connectivity index (χ3n) is 2.18. The molecule has 2 rings (SSSR count). The molecule has 92 valence electrons. The van der Waals surface area contributed by atoms with Crippen LogP contribution in [0, 0.1) is 62.7 Å². The van der Waals surface area contributed by atoms with Crippen LogP contribution in [-0.2, 0) is 21.9 Å². The number of carbonyl (C=O) groups excluding carboxylic acids is 1. The van der Waals surface area contributed by atoms with Crippen molar-refractivity contribution < 1.29 is 21.9 Å². The quantitative estimate of drug-likeness (QED) is 0.560. The van der Waals surface area contributed by atoms with Crippen molar-refractivity contribution >= 4 is 21.7 Å². The van der Waals surface area contributed by atoms with Gasteiger partial charge in [0.15, 0.2) is 5.78 Å². The summed E-state index contributed by atoms with van der Waals surface area (Å²) in [6, 6.07) is 0. The zero-order valence-corrected chi connectivity index (χ0v) is 12.6. The van der Waals surface area contributed by atoms with Gasteiger partial charge in [-0.3, -0.25) is 4.79 Å². The number of ketones is 1. The maximum absolute atomic E-state index is 11.0. The van der Waals surface area contributed by atoms with Gasteiger partial charge >= 0.3 is 0 Å². The van der Waals surface area contributed by atoms with E-state index in [1.54, 1.807) is 0 Å². The summed E-state index contributed by atoms with van der Waals surface area (Å²) in [5.41, 5.74) is 0. The van der Waals surface area contributed by atoms with Gasteiger partial charge in [-0.1, -0.05) is 29.8 Å². The Hall–Kier alpha value is 0.669. The molecular formula is C14H15BrFeO. The number of hydrogen-bond acceptors (Lipinski definition) is 1. The maximum Gasteiger partial charge on any atom is 0.151 e. The van der Waals surface area contributed by atoms with E-state index < -0.39 is 0 Å². The van der Waals surface area contributed by atoms with Crippen LogP contribution in [0.2, 0.25) is 0 Å². The Balaban J connectivity index is 0.000000316. The Morgan fingerprint density at radius 2 is 1.65 bits per heavy atom. The van der Waals surface area contributed by atoms with Crippen LogP contribution in [0.15, 0.2) is 0 Å². The molecule has 10 radical (unpaired) electrons. The van der Waals surface area contributed by atoms with Gasteiger partial charge in [0.25, 0.3) is 0 Å². The second-order valence-electron chi connectivity index (χ2n) is 3.70. The van der Waals surface area contributed by atoms with Crippen LogP contribution in [0.3, 0.4) is 0 Å². The normalized spacial score (nSPS) is 21.8. The topological polar surface area (TPSA) is 17.1 Å². The molecule has 0 aromatic rings. The van der Waals surface area contributed by atoms with Gasteiger partial charge in [-0.05, 0) is 56.8 Å². The van der Waals surface area contributed by atoms with Crippen molar-refractivity contribution in [1.82, 2.24) is 0 Å². The SMILES string of the molecule is C[C]1[CH][CH][CH][CH]1.C[C]1[CH][CH][C](C(=O)CBr)[CH]1.[Fe]. The second-order valence-corrected chi connectivity index (χ2v) is 4.26. The second kappa shape index (κ2) is 9.58. The van der Waals surface area contributed by atoms with Crippen LogP contribution in [0.1, 0.15) is 13.8 Å². The first kappa shape index (κ1) is 17.7. The molecule has 0 amide bonds. The number of Topliss-reactive ketones (excluding diaryl/α,β-unsaturated/α-hetero) is 1. The summed E-state index contributed by atoms with van der Waals surface area (Å²) in [5.74, 6) is 3.43. The van der Waals surface area contributed by atoms with Crippen LogP contribution in [0.4, 0.5) is 0 Å². The van der Waals surface area contributed by atoms with Crippen molar-refractivity contribution in [2.75, 3.05) is 5.33 Å². The zero-order valence-electron chi connectivity index (χ0n) is 9.89. The summed E-state index contributed by atoms with van der Waals surface area (Å²) in [4.78, 5) is 11.0. The zero-order chi connectivity index (χ0) is 12.0. The molecule has 0 saturated heterocycles. The third-order valence-corrected chi connectivity index (χ3v) is 2.69. The molecule has 1 nitrogen and oxygen atoms in total. The minimum Gasteiger partial charge on any atom is -0.298 e. The van der Waals surface area contributed by atoms with E-state index in [1.807, 2.05) is 39.0 Å². The standard InChI is InChI=1S/C8H8BrO.C6H7.Fe/c1-6-2-3-7(4-6)8(10)5-9;1-6-4-2-3-5-6;/h2-4H,5H2,1H3;2-5H,1H3;. The molecule has 17 heavy (non-hydrogen) atoms. The van der Waals surface area contributed by atoms with Crippen LogP contribution < -0.4 is 0 Å². The average molecular weight is 335 g/mol. The van der Waals surface area contributed by atoms with Gasteiger partial charge in [-0.2, -0.15) is 0 Å². The molecule has 3 heteroatoms. The van der Waals surface area contributed by atoms with E-state index in [9.17, 15) is 4.79 Å². The molecule has 0 heterocycles. The van der Waals surface area contributed by atoms with Gasteiger partial charge in [-0.25, -0.2) is 0 Å². The van der Waals surface area contributed by atoms with E-state index in [1.165, 1.54) is 5.92 Å². The molecule has 0 aromatic carbocycles. The Morgan fingerprint density at radius 1 is 1.06 bits per heavy atom. The van der Waals surface area contributed by atoms with Gasteiger partial charge in [0.2, 0.25) is 0 Å². The summed E-state index contributed by atoms with van der Waals surface area (Å²) < 4.78 is 0. The van der Waals surface area contributed by atoms with Crippen LogP contribution in [-0.4, -0.2) is 11.1 Å². The van der Waals surface area contributed by atoms with Crippen LogP contribution >= 0.6 is 15.9 Å². The van der Waals surface area contributed by atoms with Crippen molar-refractivity contribution in [3.05, 3.63) is 62.7 Å². The van der Waals surface area contributed by atoms with Gasteiger partial charge in [-0.15, -0.1) is 0 Å². The smallest absolute Gasteiger partial charge is 0.151 e. The van der Waals surface area contributed by atoms with Crippen molar-refractivity contribution in [2.24, 2.45) is 0 Å². The molecule has 0 unspecified atom stereocenters. The molecule has 2 fully saturated rings. The summed E-state index contributed by atoms with van der Waals surface area (Å²) in [6.07, 6.45) is 13.9. The number of hydrogen-bond donors (Lipinski definition) is 0. The minimum atomic E-state index is 0. The molecule has 0 bridgehead atoms. The predicted octanol–water partition coefficient (Wildman–Crippen LogP) is 3.15. The number of halogens is 1. The molecule has 2 aliphatic rings. The fourth-order valence-electron chi connectivity index (χ4n) is 1.28. The van der Waals surface area contributed by atoms with Gasteiger partial charge in [0, 0.05) is 17.1 Å². The van der Waals surface area contributed by atoms with Crippen molar-refractivity contribution in [3.8, 4) is 0 Å². The summed E-state index contributed by atoms with van der Waals surface area (Å²) in [6.45, 7) is 4.06. The summed E-state index contributed by atoms with van der Waals surface area (Å²) in [5, 5.41) is 0.413. The van der Waals surface area contributed by atoms with Gasteiger partial charge in [0.05, 0.1) is 11.2 Å². The number of carbonyl (C=O) groups is 1. The van der Waals surface area contributed by atoms with E-state index in [0.717, 1.165) is 11.8 Å². The Labute approximate surface area is 125 Å². The summed E-state index contributed by atoms with van der Waals surface area (Å²) in [7, 11) is 0. The molecule has 0 N–H and O–H groups in total. The molecule has 2 saturated carbocycles. The van der Waals surface area contributed by atoms with Crippen LogP contribution in [0.5, 0.6) is 0 Å². The largest absolute Gasteiger partial charge is 0.298 e. The van der Waals surface area contributed by atoms with E-state index >= 15 is 0 Å². The number of rotatable bonds is 2. The Bertz CT molecular complexity index is 214. The van der Waals surface area contributed by atoms with E-state index in [4.69, 9.17) is 0 Å². The van der Waals surface area contributed by atoms with E-state index in [2.05, 4.69) is 35.7 Å². The molecule has 0 aromatic heterocycles. The van der Waals surface area contributed by atoms with Gasteiger partial charge < -0.3 is 0 Å². The van der Waals surface area contributed by atoms with Crippen molar-refractivity contribution in [3.63, 3.8) is 0 Å². The van der Waals surface area contributed by atoms with Crippen molar-refractivity contribution in [2.45, 2.75) is 13.8 Å². The summed E-state index contributed by atoms with van der Waals surface area (Å²) >= 11 is 3.11. The maximum atomic E-state index is 11.0. The third kappa shape index (κ3) is 6.98. The van der Waals surface area contributed by atoms with Crippen LogP contribution in [0.25, 0.3) is 0 Å². The fraction of sp³-hybridized carbons (Fsp3) is 0.214. The van der Waals surface area contributed by atoms with Crippen molar-refractivity contribution in [1.29, 1.82) is 0 Å². The molecule has 0 spiro atoms. The average Bonchev–Trinajstić information content (AvgIpc) is 2.89. The minimum absolute atomic E-state index is 0. The molecule has 0 aliphatic heterocycles.